The summed E-state index contributed by atoms with van der Waals surface area (Å²) in [5.41, 5.74) is -2.39. The highest BCUT2D eigenvalue weighted by molar-refractivity contribution is 6.05. The Kier molecular flexibility index (Phi) is 6.38. The first-order chi connectivity index (χ1) is 15.5. The molecule has 2 aromatic carbocycles. The van der Waals surface area contributed by atoms with Crippen molar-refractivity contribution in [2.45, 2.75) is 13.8 Å². The van der Waals surface area contributed by atoms with Crippen LogP contribution >= 0.6 is 0 Å². The van der Waals surface area contributed by atoms with Crippen LogP contribution in [0.3, 0.4) is 0 Å². The van der Waals surface area contributed by atoms with E-state index in [4.69, 9.17) is 9.47 Å². The second-order valence-corrected chi connectivity index (χ2v) is 6.62. The first-order valence-electron chi connectivity index (χ1n) is 9.13. The fraction of sp³-hybridized carbons (Fsp3) is 0.143. The third-order valence-corrected chi connectivity index (χ3v) is 4.48. The Labute approximate surface area is 184 Å². The maximum absolute atomic E-state index is 14.8. The largest absolute Gasteiger partial charge is 0.467 e. The van der Waals surface area contributed by atoms with Crippen molar-refractivity contribution in [2.24, 2.45) is 0 Å². The number of carbonyl (C=O) groups excluding carboxylic acids is 2. The van der Waals surface area contributed by atoms with E-state index in [1.54, 1.807) is 0 Å². The standard InChI is InChI=1S/C21H14F3N3O6/c1-9-15(10(2)28)19(26-21(25-9)32-3)13-8-14(22)17(23)18(24)16(13)20(29)33-12-6-4-11(5-7-12)27(30)31/h4-8H,1-3H3. The number of rotatable bonds is 6. The normalized spacial score (nSPS) is 10.6. The lowest BCUT2D eigenvalue weighted by Crippen LogP contribution is -2.16. The van der Waals surface area contributed by atoms with Crippen LogP contribution < -0.4 is 9.47 Å². The molecule has 12 heteroatoms. The van der Waals surface area contributed by atoms with Crippen LogP contribution in [0, 0.1) is 34.5 Å². The van der Waals surface area contributed by atoms with Crippen LogP contribution in [-0.4, -0.2) is 33.8 Å². The molecule has 0 aliphatic carbocycles. The number of non-ortho nitro benzene ring substituents is 1. The van der Waals surface area contributed by atoms with Crippen molar-refractivity contribution in [3.8, 4) is 23.0 Å². The van der Waals surface area contributed by atoms with Gasteiger partial charge in [0.25, 0.3) is 5.69 Å². The first-order valence-corrected chi connectivity index (χ1v) is 9.13. The van der Waals surface area contributed by atoms with Crippen LogP contribution in [0.4, 0.5) is 18.9 Å². The highest BCUT2D eigenvalue weighted by Gasteiger charge is 2.30. The molecule has 0 N–H and O–H groups in total. The van der Waals surface area contributed by atoms with Gasteiger partial charge < -0.3 is 9.47 Å². The molecule has 33 heavy (non-hydrogen) atoms. The van der Waals surface area contributed by atoms with E-state index in [0.717, 1.165) is 31.2 Å². The third-order valence-electron chi connectivity index (χ3n) is 4.48. The Morgan fingerprint density at radius 3 is 2.21 bits per heavy atom. The summed E-state index contributed by atoms with van der Waals surface area (Å²) in [7, 11) is 1.21. The number of hydrogen-bond donors (Lipinski definition) is 0. The number of ketones is 1. The topological polar surface area (TPSA) is 122 Å². The zero-order chi connectivity index (χ0) is 24.4. The Morgan fingerprint density at radius 1 is 1.03 bits per heavy atom. The van der Waals surface area contributed by atoms with Gasteiger partial charge in [0.05, 0.1) is 29.0 Å². The van der Waals surface area contributed by atoms with E-state index in [0.29, 0.717) is 6.07 Å². The molecular weight excluding hydrogens is 447 g/mol. The lowest BCUT2D eigenvalue weighted by Gasteiger charge is -2.15. The van der Waals surface area contributed by atoms with Crippen LogP contribution in [0.15, 0.2) is 30.3 Å². The van der Waals surface area contributed by atoms with Crippen LogP contribution in [0.25, 0.3) is 11.3 Å². The molecule has 0 radical (unpaired) electrons. The highest BCUT2D eigenvalue weighted by Crippen LogP contribution is 2.33. The zero-order valence-electron chi connectivity index (χ0n) is 17.3. The first kappa shape index (κ1) is 23.3. The number of nitro benzene ring substituents is 1. The van der Waals surface area contributed by atoms with Crippen molar-refractivity contribution < 1.29 is 37.2 Å². The van der Waals surface area contributed by atoms with Gasteiger partial charge in [-0.15, -0.1) is 0 Å². The average Bonchev–Trinajstić information content (AvgIpc) is 2.76. The number of hydrogen-bond acceptors (Lipinski definition) is 8. The van der Waals surface area contributed by atoms with Gasteiger partial charge in [-0.25, -0.2) is 18.0 Å². The summed E-state index contributed by atoms with van der Waals surface area (Å²) in [5.74, 6) is -7.74. The number of ether oxygens (including phenoxy) is 2. The Morgan fingerprint density at radius 2 is 1.67 bits per heavy atom. The van der Waals surface area contributed by atoms with E-state index in [2.05, 4.69) is 9.97 Å². The zero-order valence-corrected chi connectivity index (χ0v) is 17.3. The monoisotopic (exact) mass is 461 g/mol. The number of benzene rings is 2. The molecular formula is C21H14F3N3O6. The number of methoxy groups -OCH3 is 1. The van der Waals surface area contributed by atoms with Gasteiger partial charge in [0.15, 0.2) is 23.2 Å². The number of carbonyl (C=O) groups is 2. The van der Waals surface area contributed by atoms with E-state index in [1.807, 2.05) is 0 Å². The van der Waals surface area contributed by atoms with Crippen LogP contribution in [0.1, 0.15) is 33.3 Å². The second kappa shape index (κ2) is 9.02. The van der Waals surface area contributed by atoms with Gasteiger partial charge in [0, 0.05) is 17.7 Å². The molecule has 0 aliphatic rings. The number of aromatic nitrogens is 2. The van der Waals surface area contributed by atoms with Crippen molar-refractivity contribution in [1.29, 1.82) is 0 Å². The highest BCUT2D eigenvalue weighted by atomic mass is 19.2. The smallest absolute Gasteiger partial charge is 0.347 e. The molecule has 170 valence electrons. The molecule has 3 rings (SSSR count). The van der Waals surface area contributed by atoms with Gasteiger partial charge in [-0.3, -0.25) is 14.9 Å². The lowest BCUT2D eigenvalue weighted by atomic mass is 9.96. The average molecular weight is 461 g/mol. The molecule has 0 saturated heterocycles. The number of Topliss-reactive ketones (excluding diaryl/α,β-unsaturated/α-hetero) is 1. The van der Waals surface area contributed by atoms with Crippen LogP contribution in [0.2, 0.25) is 0 Å². The Balaban J connectivity index is 2.21. The molecule has 9 nitrogen and oxygen atoms in total. The van der Waals surface area contributed by atoms with Crippen LogP contribution in [-0.2, 0) is 0 Å². The number of aryl methyl sites for hydroxylation is 1. The molecule has 0 aliphatic heterocycles. The van der Waals surface area contributed by atoms with Gasteiger partial charge in [-0.2, -0.15) is 9.97 Å². The maximum Gasteiger partial charge on any atom is 0.347 e. The van der Waals surface area contributed by atoms with Crippen molar-refractivity contribution in [1.82, 2.24) is 9.97 Å². The van der Waals surface area contributed by atoms with E-state index < -0.39 is 45.3 Å². The summed E-state index contributed by atoms with van der Waals surface area (Å²) in [6, 6.07) is 4.40. The number of nitrogens with zero attached hydrogens (tertiary/aromatic N) is 3. The van der Waals surface area contributed by atoms with Crippen molar-refractivity contribution in [3.63, 3.8) is 0 Å². The van der Waals surface area contributed by atoms with E-state index >= 15 is 0 Å². The third kappa shape index (κ3) is 4.49. The molecule has 0 spiro atoms. The number of halogens is 3. The molecule has 0 atom stereocenters. The Hall–Kier alpha value is -4.35. The van der Waals surface area contributed by atoms with Gasteiger partial charge >= 0.3 is 12.0 Å². The van der Waals surface area contributed by atoms with E-state index in [1.165, 1.54) is 14.0 Å². The predicted octanol–water partition coefficient (Wildman–Crippen LogP) is 4.21. The van der Waals surface area contributed by atoms with Crippen molar-refractivity contribution in [3.05, 3.63) is 74.7 Å². The Bertz CT molecular complexity index is 1300. The minimum absolute atomic E-state index is 0.0872. The molecule has 0 bridgehead atoms. The summed E-state index contributed by atoms with van der Waals surface area (Å²) >= 11 is 0. The van der Waals surface area contributed by atoms with E-state index in [-0.39, 0.29) is 34.4 Å². The summed E-state index contributed by atoms with van der Waals surface area (Å²) in [4.78, 5) is 42.9. The summed E-state index contributed by atoms with van der Waals surface area (Å²) in [6.07, 6.45) is 0. The fourth-order valence-electron chi connectivity index (χ4n) is 3.03. The summed E-state index contributed by atoms with van der Waals surface area (Å²) in [6.45, 7) is 2.56. The molecule has 0 saturated carbocycles. The SMILES string of the molecule is COc1nc(C)c(C(C)=O)c(-c2cc(F)c(F)c(F)c2C(=O)Oc2ccc([N+](=O)[O-])cc2)n1. The molecule has 3 aromatic rings. The van der Waals surface area contributed by atoms with Gasteiger partial charge in [0.1, 0.15) is 11.3 Å². The summed E-state index contributed by atoms with van der Waals surface area (Å²) in [5, 5.41) is 10.8. The molecule has 0 amide bonds. The quantitative estimate of drug-likeness (QED) is 0.134. The summed E-state index contributed by atoms with van der Waals surface area (Å²) < 4.78 is 52.9. The number of nitro groups is 1. The van der Waals surface area contributed by atoms with Crippen LogP contribution in [0.5, 0.6) is 11.8 Å². The second-order valence-electron chi connectivity index (χ2n) is 6.62. The molecule has 0 unspecified atom stereocenters. The van der Waals surface area contributed by atoms with E-state index in [9.17, 15) is 32.9 Å². The minimum Gasteiger partial charge on any atom is -0.467 e. The minimum atomic E-state index is -1.95. The number of esters is 1. The van der Waals surface area contributed by atoms with Crippen molar-refractivity contribution in [2.75, 3.05) is 7.11 Å². The molecule has 0 fully saturated rings. The lowest BCUT2D eigenvalue weighted by molar-refractivity contribution is -0.384. The predicted molar refractivity (Wildman–Crippen MR) is 107 cm³/mol. The maximum atomic E-state index is 14.8. The van der Waals surface area contributed by atoms with Gasteiger partial charge in [-0.05, 0) is 32.0 Å². The molecule has 1 heterocycles. The van der Waals surface area contributed by atoms with Gasteiger partial charge in [0.2, 0.25) is 0 Å². The van der Waals surface area contributed by atoms with Gasteiger partial charge in [-0.1, -0.05) is 0 Å². The van der Waals surface area contributed by atoms with Crippen molar-refractivity contribution >= 4 is 17.4 Å². The fourth-order valence-corrected chi connectivity index (χ4v) is 3.03. The molecule has 1 aromatic heterocycles.